The van der Waals surface area contributed by atoms with Crippen molar-refractivity contribution in [3.8, 4) is 5.75 Å². The zero-order valence-corrected chi connectivity index (χ0v) is 14.6. The van der Waals surface area contributed by atoms with Crippen molar-refractivity contribution in [2.24, 2.45) is 5.10 Å². The van der Waals surface area contributed by atoms with Crippen LogP contribution in [-0.2, 0) is 6.61 Å². The predicted octanol–water partition coefficient (Wildman–Crippen LogP) is 4.08. The fourth-order valence-electron chi connectivity index (χ4n) is 2.12. The third-order valence-corrected chi connectivity index (χ3v) is 4.28. The molecule has 24 heavy (non-hydrogen) atoms. The Hall–Kier alpha value is -2.67. The number of nitrogens with zero attached hydrogens (tertiary/aromatic N) is 3. The van der Waals surface area contributed by atoms with E-state index in [1.54, 1.807) is 6.21 Å². The first-order valence-corrected chi connectivity index (χ1v) is 8.35. The molecule has 0 saturated heterocycles. The van der Waals surface area contributed by atoms with Gasteiger partial charge in [0.15, 0.2) is 0 Å². The smallest absolute Gasteiger partial charge is 0.203 e. The lowest BCUT2D eigenvalue weighted by molar-refractivity contribution is 0.301. The lowest BCUT2D eigenvalue weighted by atomic mass is 10.2. The van der Waals surface area contributed by atoms with Crippen LogP contribution in [0, 0.1) is 20.8 Å². The average Bonchev–Trinajstić information content (AvgIpc) is 3.12. The van der Waals surface area contributed by atoms with Gasteiger partial charge in [0.25, 0.3) is 0 Å². The van der Waals surface area contributed by atoms with Crippen molar-refractivity contribution in [3.63, 3.8) is 0 Å². The Morgan fingerprint density at radius 2 is 2.21 bits per heavy atom. The van der Waals surface area contributed by atoms with Crippen LogP contribution in [-0.4, -0.2) is 16.4 Å². The minimum Gasteiger partial charge on any atom is -0.489 e. The summed E-state index contributed by atoms with van der Waals surface area (Å²) in [5.74, 6) is 1.55. The Morgan fingerprint density at radius 3 is 2.92 bits per heavy atom. The van der Waals surface area contributed by atoms with Gasteiger partial charge in [-0.15, -0.1) is 11.3 Å². The maximum Gasteiger partial charge on any atom is 0.203 e. The fourth-order valence-corrected chi connectivity index (χ4v) is 2.75. The van der Waals surface area contributed by atoms with Gasteiger partial charge in [-0.1, -0.05) is 17.3 Å². The van der Waals surface area contributed by atoms with E-state index in [1.165, 1.54) is 11.3 Å². The number of rotatable bonds is 6. The van der Waals surface area contributed by atoms with Crippen molar-refractivity contribution < 1.29 is 9.26 Å². The first-order chi connectivity index (χ1) is 11.6. The average molecular weight is 342 g/mol. The summed E-state index contributed by atoms with van der Waals surface area (Å²) in [4.78, 5) is 4.29. The van der Waals surface area contributed by atoms with E-state index < -0.39 is 0 Å². The number of ether oxygens (including phenoxy) is 1. The first kappa shape index (κ1) is 16.2. The van der Waals surface area contributed by atoms with Crippen LogP contribution in [0.5, 0.6) is 5.75 Å². The standard InChI is InChI=1S/C17H18N4O2S/c1-11-10-24-17(19-11)20-18-8-14-5-4-6-15(7-14)22-9-16-12(2)21-23-13(16)3/h4-8,10H,9H2,1-3H3,(H,19,20). The Bertz CT molecular complexity index is 834. The van der Waals surface area contributed by atoms with E-state index in [1.807, 2.05) is 50.4 Å². The van der Waals surface area contributed by atoms with Crippen molar-refractivity contribution in [2.45, 2.75) is 27.4 Å². The molecule has 6 nitrogen and oxygen atoms in total. The number of aryl methyl sites for hydroxylation is 3. The minimum absolute atomic E-state index is 0.429. The Labute approximate surface area is 144 Å². The Kier molecular flexibility index (Phi) is 4.90. The molecule has 3 aromatic rings. The highest BCUT2D eigenvalue weighted by Gasteiger charge is 2.09. The van der Waals surface area contributed by atoms with Crippen LogP contribution >= 0.6 is 11.3 Å². The molecule has 0 unspecified atom stereocenters. The molecule has 0 bridgehead atoms. The predicted molar refractivity (Wildman–Crippen MR) is 94.8 cm³/mol. The summed E-state index contributed by atoms with van der Waals surface area (Å²) < 4.78 is 11.0. The third kappa shape index (κ3) is 3.99. The van der Waals surface area contributed by atoms with E-state index in [4.69, 9.17) is 9.26 Å². The van der Waals surface area contributed by atoms with Crippen LogP contribution in [0.25, 0.3) is 0 Å². The van der Waals surface area contributed by atoms with Crippen LogP contribution < -0.4 is 10.2 Å². The summed E-state index contributed by atoms with van der Waals surface area (Å²) in [6, 6.07) is 7.72. The molecule has 0 saturated carbocycles. The van der Waals surface area contributed by atoms with Gasteiger partial charge < -0.3 is 9.26 Å². The van der Waals surface area contributed by atoms with Gasteiger partial charge in [-0.25, -0.2) is 4.98 Å². The van der Waals surface area contributed by atoms with E-state index in [-0.39, 0.29) is 0 Å². The second-order valence-corrected chi connectivity index (χ2v) is 6.19. The number of aromatic nitrogens is 2. The number of anilines is 1. The minimum atomic E-state index is 0.429. The molecule has 0 atom stereocenters. The van der Waals surface area contributed by atoms with Crippen LogP contribution in [0.3, 0.4) is 0 Å². The van der Waals surface area contributed by atoms with Gasteiger partial charge in [-0.3, -0.25) is 5.43 Å². The lowest BCUT2D eigenvalue weighted by Gasteiger charge is -2.06. The molecule has 1 aromatic carbocycles. The van der Waals surface area contributed by atoms with Crippen LogP contribution in [0.1, 0.15) is 28.3 Å². The summed E-state index contributed by atoms with van der Waals surface area (Å²) in [6.45, 7) is 6.17. The number of thiazole rings is 1. The van der Waals surface area contributed by atoms with Gasteiger partial charge in [0.05, 0.1) is 23.2 Å². The highest BCUT2D eigenvalue weighted by Crippen LogP contribution is 2.18. The van der Waals surface area contributed by atoms with Crippen LogP contribution in [0.2, 0.25) is 0 Å². The molecule has 2 aromatic heterocycles. The molecule has 0 fully saturated rings. The van der Waals surface area contributed by atoms with Crippen molar-refractivity contribution in [1.82, 2.24) is 10.1 Å². The Morgan fingerprint density at radius 1 is 1.33 bits per heavy atom. The van der Waals surface area contributed by atoms with Gasteiger partial charge >= 0.3 is 0 Å². The molecule has 3 rings (SSSR count). The highest BCUT2D eigenvalue weighted by molar-refractivity contribution is 7.13. The first-order valence-electron chi connectivity index (χ1n) is 7.47. The summed E-state index contributed by atoms with van der Waals surface area (Å²) >= 11 is 1.52. The zero-order valence-electron chi connectivity index (χ0n) is 13.7. The normalized spacial score (nSPS) is 11.1. The SMILES string of the molecule is Cc1csc(NN=Cc2cccc(OCc3c(C)noc3C)c2)n1. The number of hydrogen-bond acceptors (Lipinski definition) is 7. The maximum absolute atomic E-state index is 5.83. The summed E-state index contributed by atoms with van der Waals surface area (Å²) in [5, 5.41) is 10.9. The summed E-state index contributed by atoms with van der Waals surface area (Å²) in [6.07, 6.45) is 1.74. The molecule has 2 heterocycles. The van der Waals surface area contributed by atoms with E-state index in [0.29, 0.717) is 6.61 Å². The molecule has 1 N–H and O–H groups in total. The highest BCUT2D eigenvalue weighted by atomic mass is 32.1. The van der Waals surface area contributed by atoms with Gasteiger partial charge in [0.1, 0.15) is 18.1 Å². The molecule has 0 radical (unpaired) electrons. The van der Waals surface area contributed by atoms with Crippen molar-refractivity contribution in [3.05, 3.63) is 57.9 Å². The molecule has 124 valence electrons. The third-order valence-electron chi connectivity index (χ3n) is 3.42. The van der Waals surface area contributed by atoms with Crippen molar-refractivity contribution >= 4 is 22.7 Å². The molecule has 7 heteroatoms. The lowest BCUT2D eigenvalue weighted by Crippen LogP contribution is -1.98. The molecular weight excluding hydrogens is 324 g/mol. The molecule has 0 spiro atoms. The summed E-state index contributed by atoms with van der Waals surface area (Å²) in [7, 11) is 0. The number of hydrogen-bond donors (Lipinski definition) is 1. The van der Waals surface area contributed by atoms with Gasteiger partial charge in [-0.05, 0) is 38.5 Å². The second kappa shape index (κ2) is 7.27. The monoisotopic (exact) mass is 342 g/mol. The summed E-state index contributed by atoms with van der Waals surface area (Å²) in [5.41, 5.74) is 6.67. The van der Waals surface area contributed by atoms with Crippen molar-refractivity contribution in [1.29, 1.82) is 0 Å². The van der Waals surface area contributed by atoms with E-state index in [9.17, 15) is 0 Å². The maximum atomic E-state index is 5.83. The van der Waals surface area contributed by atoms with Crippen LogP contribution in [0.4, 0.5) is 5.13 Å². The quantitative estimate of drug-likeness (QED) is 0.540. The van der Waals surface area contributed by atoms with Gasteiger partial charge in [0, 0.05) is 5.38 Å². The van der Waals surface area contributed by atoms with Crippen molar-refractivity contribution in [2.75, 3.05) is 5.43 Å². The number of hydrazone groups is 1. The topological polar surface area (TPSA) is 72.5 Å². The molecular formula is C17H18N4O2S. The molecule has 0 amide bonds. The van der Waals surface area contributed by atoms with Gasteiger partial charge in [0.2, 0.25) is 5.13 Å². The Balaban J connectivity index is 1.61. The zero-order chi connectivity index (χ0) is 16.9. The molecule has 0 aliphatic carbocycles. The molecule has 0 aliphatic heterocycles. The van der Waals surface area contributed by atoms with Gasteiger partial charge in [-0.2, -0.15) is 5.10 Å². The van der Waals surface area contributed by atoms with E-state index in [0.717, 1.165) is 39.2 Å². The number of nitrogens with one attached hydrogen (secondary N) is 1. The largest absolute Gasteiger partial charge is 0.489 e. The number of benzene rings is 1. The van der Waals surface area contributed by atoms with E-state index >= 15 is 0 Å². The fraction of sp³-hybridized carbons (Fsp3) is 0.235. The van der Waals surface area contributed by atoms with Crippen LogP contribution in [0.15, 0.2) is 39.3 Å². The van der Waals surface area contributed by atoms with E-state index in [2.05, 4.69) is 20.7 Å². The second-order valence-electron chi connectivity index (χ2n) is 5.33. The molecule has 0 aliphatic rings.